The molecule has 19 heavy (non-hydrogen) atoms. The van der Waals surface area contributed by atoms with E-state index in [-0.39, 0.29) is 17.2 Å². The maximum Gasteiger partial charge on any atom is 0.150 e. The maximum absolute atomic E-state index is 11.7. The predicted molar refractivity (Wildman–Crippen MR) is 76.8 cm³/mol. The summed E-state index contributed by atoms with van der Waals surface area (Å²) in [6, 6.07) is 3.23. The van der Waals surface area contributed by atoms with Gasteiger partial charge in [0.05, 0.1) is 22.0 Å². The number of hydrogen-bond acceptors (Lipinski definition) is 4. The Balaban J connectivity index is 2.16. The van der Waals surface area contributed by atoms with E-state index < -0.39 is 9.84 Å². The summed E-state index contributed by atoms with van der Waals surface area (Å²) < 4.78 is 23.4. The third-order valence-electron chi connectivity index (χ3n) is 3.88. The molecule has 0 amide bonds. The molecule has 1 heterocycles. The summed E-state index contributed by atoms with van der Waals surface area (Å²) in [6.07, 6.45) is 6.13. The topological polar surface area (TPSA) is 73.0 Å². The standard InChI is InChI=1S/C13H19ClN2O2S/c1-19(17,18)10-5-2-4-9(8-10)12(15)13-11(14)6-3-7-16-13/h3,6-7,9-10,12H,2,4-5,8,15H2,1H3. The number of halogens is 1. The van der Waals surface area contributed by atoms with Crippen molar-refractivity contribution in [3.8, 4) is 0 Å². The minimum atomic E-state index is -2.99. The lowest BCUT2D eigenvalue weighted by Gasteiger charge is -2.31. The van der Waals surface area contributed by atoms with Crippen molar-refractivity contribution in [1.82, 2.24) is 4.98 Å². The summed E-state index contributed by atoms with van der Waals surface area (Å²) in [7, 11) is -2.99. The van der Waals surface area contributed by atoms with Crippen LogP contribution in [0.4, 0.5) is 0 Å². The average molecular weight is 303 g/mol. The van der Waals surface area contributed by atoms with Gasteiger partial charge in [0.2, 0.25) is 0 Å². The number of sulfone groups is 1. The van der Waals surface area contributed by atoms with Gasteiger partial charge < -0.3 is 5.73 Å². The van der Waals surface area contributed by atoms with E-state index in [0.29, 0.717) is 17.1 Å². The SMILES string of the molecule is CS(=O)(=O)C1CCCC(C(N)c2ncccc2Cl)C1. The van der Waals surface area contributed by atoms with Gasteiger partial charge in [-0.15, -0.1) is 0 Å². The van der Waals surface area contributed by atoms with Crippen LogP contribution in [0.5, 0.6) is 0 Å². The number of rotatable bonds is 3. The second-order valence-corrected chi connectivity index (χ2v) is 8.01. The molecule has 106 valence electrons. The van der Waals surface area contributed by atoms with Gasteiger partial charge in [0.25, 0.3) is 0 Å². The lowest BCUT2D eigenvalue weighted by molar-refractivity contribution is 0.305. The summed E-state index contributed by atoms with van der Waals surface area (Å²) in [5, 5.41) is 0.274. The van der Waals surface area contributed by atoms with E-state index >= 15 is 0 Å². The van der Waals surface area contributed by atoms with Crippen LogP contribution >= 0.6 is 11.6 Å². The molecule has 4 nitrogen and oxygen atoms in total. The molecule has 0 radical (unpaired) electrons. The van der Waals surface area contributed by atoms with Crippen molar-refractivity contribution < 1.29 is 8.42 Å². The van der Waals surface area contributed by atoms with Crippen molar-refractivity contribution in [2.45, 2.75) is 37.0 Å². The van der Waals surface area contributed by atoms with Gasteiger partial charge in [0.15, 0.2) is 0 Å². The molecule has 0 saturated heterocycles. The van der Waals surface area contributed by atoms with Crippen LogP contribution in [0.2, 0.25) is 5.02 Å². The Morgan fingerprint density at radius 3 is 2.84 bits per heavy atom. The van der Waals surface area contributed by atoms with Crippen molar-refractivity contribution in [1.29, 1.82) is 0 Å². The van der Waals surface area contributed by atoms with E-state index in [1.54, 1.807) is 18.3 Å². The van der Waals surface area contributed by atoms with E-state index in [9.17, 15) is 8.42 Å². The number of aromatic nitrogens is 1. The molecule has 0 bridgehead atoms. The quantitative estimate of drug-likeness (QED) is 0.930. The molecule has 1 aromatic heterocycles. The molecular weight excluding hydrogens is 284 g/mol. The number of pyridine rings is 1. The molecule has 6 heteroatoms. The zero-order chi connectivity index (χ0) is 14.0. The second-order valence-electron chi connectivity index (χ2n) is 5.27. The van der Waals surface area contributed by atoms with Crippen molar-refractivity contribution >= 4 is 21.4 Å². The van der Waals surface area contributed by atoms with Gasteiger partial charge in [0.1, 0.15) is 9.84 Å². The average Bonchev–Trinajstić information content (AvgIpc) is 2.38. The fourth-order valence-corrected chi connectivity index (χ4v) is 4.20. The lowest BCUT2D eigenvalue weighted by Crippen LogP contribution is -2.33. The molecule has 0 aliphatic heterocycles. The Labute approximate surface area is 119 Å². The molecule has 1 fully saturated rings. The molecule has 0 spiro atoms. The molecule has 1 aromatic rings. The van der Waals surface area contributed by atoms with Crippen LogP contribution in [0.15, 0.2) is 18.3 Å². The molecule has 2 N–H and O–H groups in total. The summed E-state index contributed by atoms with van der Waals surface area (Å²) in [5.74, 6) is 0.126. The second kappa shape index (κ2) is 5.77. The van der Waals surface area contributed by atoms with Gasteiger partial charge >= 0.3 is 0 Å². The van der Waals surface area contributed by atoms with Crippen LogP contribution < -0.4 is 5.73 Å². The molecule has 3 atom stereocenters. The van der Waals surface area contributed by atoms with E-state index in [1.165, 1.54) is 6.26 Å². The van der Waals surface area contributed by atoms with Gasteiger partial charge in [-0.25, -0.2) is 8.42 Å². The van der Waals surface area contributed by atoms with Crippen molar-refractivity contribution in [3.05, 3.63) is 29.0 Å². The molecule has 1 aliphatic rings. The third kappa shape index (κ3) is 3.46. The number of hydrogen-bond donors (Lipinski definition) is 1. The Kier molecular flexibility index (Phi) is 4.48. The van der Waals surface area contributed by atoms with Crippen molar-refractivity contribution in [3.63, 3.8) is 0 Å². The summed E-state index contributed by atoms with van der Waals surface area (Å²) in [5.41, 5.74) is 6.90. The van der Waals surface area contributed by atoms with Crippen LogP contribution in [0.25, 0.3) is 0 Å². The van der Waals surface area contributed by atoms with E-state index in [2.05, 4.69) is 4.98 Å². The highest BCUT2D eigenvalue weighted by molar-refractivity contribution is 7.91. The van der Waals surface area contributed by atoms with E-state index in [4.69, 9.17) is 17.3 Å². The van der Waals surface area contributed by atoms with Gasteiger partial charge in [0, 0.05) is 12.5 Å². The van der Waals surface area contributed by atoms with Gasteiger partial charge in [-0.3, -0.25) is 4.98 Å². The lowest BCUT2D eigenvalue weighted by atomic mass is 9.82. The Hall–Kier alpha value is -0.650. The predicted octanol–water partition coefficient (Wildman–Crippen LogP) is 2.34. The Bertz CT molecular complexity index is 547. The summed E-state index contributed by atoms with van der Waals surface area (Å²) >= 11 is 6.10. The molecule has 1 saturated carbocycles. The highest BCUT2D eigenvalue weighted by atomic mass is 35.5. The first kappa shape index (κ1) is 14.8. The van der Waals surface area contributed by atoms with Crippen LogP contribution in [0.3, 0.4) is 0 Å². The smallest absolute Gasteiger partial charge is 0.150 e. The molecule has 2 rings (SSSR count). The molecular formula is C13H19ClN2O2S. The molecule has 1 aliphatic carbocycles. The van der Waals surface area contributed by atoms with E-state index in [1.807, 2.05) is 0 Å². The van der Waals surface area contributed by atoms with Crippen LogP contribution in [-0.4, -0.2) is 24.9 Å². The maximum atomic E-state index is 11.7. The first-order valence-electron chi connectivity index (χ1n) is 6.44. The highest BCUT2D eigenvalue weighted by Gasteiger charge is 2.33. The summed E-state index contributed by atoms with van der Waals surface area (Å²) in [6.45, 7) is 0. The first-order chi connectivity index (χ1) is 8.89. The number of nitrogens with zero attached hydrogens (tertiary/aromatic N) is 1. The third-order valence-corrected chi connectivity index (χ3v) is 5.84. The zero-order valence-corrected chi connectivity index (χ0v) is 12.5. The summed E-state index contributed by atoms with van der Waals surface area (Å²) in [4.78, 5) is 4.23. The Morgan fingerprint density at radius 2 is 2.21 bits per heavy atom. The molecule has 0 aromatic carbocycles. The highest BCUT2D eigenvalue weighted by Crippen LogP contribution is 2.36. The van der Waals surface area contributed by atoms with Gasteiger partial charge in [-0.2, -0.15) is 0 Å². The minimum absolute atomic E-state index is 0.126. The van der Waals surface area contributed by atoms with Gasteiger partial charge in [-0.1, -0.05) is 18.0 Å². The largest absolute Gasteiger partial charge is 0.322 e. The van der Waals surface area contributed by atoms with Crippen LogP contribution in [0.1, 0.15) is 37.4 Å². The molecule has 3 unspecified atom stereocenters. The fraction of sp³-hybridized carbons (Fsp3) is 0.615. The monoisotopic (exact) mass is 302 g/mol. The van der Waals surface area contributed by atoms with Crippen molar-refractivity contribution in [2.24, 2.45) is 11.7 Å². The van der Waals surface area contributed by atoms with Crippen molar-refractivity contribution in [2.75, 3.05) is 6.26 Å². The Morgan fingerprint density at radius 1 is 1.47 bits per heavy atom. The van der Waals surface area contributed by atoms with Crippen LogP contribution in [-0.2, 0) is 9.84 Å². The van der Waals surface area contributed by atoms with E-state index in [0.717, 1.165) is 19.3 Å². The first-order valence-corrected chi connectivity index (χ1v) is 8.77. The van der Waals surface area contributed by atoms with Crippen LogP contribution in [0, 0.1) is 5.92 Å². The number of nitrogens with two attached hydrogens (primary N) is 1. The minimum Gasteiger partial charge on any atom is -0.322 e. The van der Waals surface area contributed by atoms with Gasteiger partial charge in [-0.05, 0) is 37.3 Å². The normalized spacial score (nSPS) is 26.1. The zero-order valence-electron chi connectivity index (χ0n) is 10.9. The fourth-order valence-electron chi connectivity index (χ4n) is 2.76.